The molecule has 2 atom stereocenters. The summed E-state index contributed by atoms with van der Waals surface area (Å²) in [7, 11) is -3.35. The second-order valence-corrected chi connectivity index (χ2v) is 7.45. The van der Waals surface area contributed by atoms with Crippen molar-refractivity contribution in [3.63, 3.8) is 0 Å². The molecule has 124 valence electrons. The number of fused-ring (bicyclic) bond motifs is 1. The Bertz CT molecular complexity index is 699. The van der Waals surface area contributed by atoms with Crippen molar-refractivity contribution in [3.05, 3.63) is 54.3 Å². The third-order valence-corrected chi connectivity index (χ3v) is 5.92. The van der Waals surface area contributed by atoms with Crippen molar-refractivity contribution < 1.29 is 18.2 Å². The molecular weight excluding hydrogens is 319 g/mol. The molecule has 7 heteroatoms. The quantitative estimate of drug-likeness (QED) is 0.790. The Morgan fingerprint density at radius 1 is 1.26 bits per heavy atom. The van der Waals surface area contributed by atoms with E-state index in [0.717, 1.165) is 0 Å². The van der Waals surface area contributed by atoms with Gasteiger partial charge in [0.1, 0.15) is 11.5 Å². The Hall–Kier alpha value is -1.80. The Labute approximate surface area is 136 Å². The molecule has 0 aromatic heterocycles. The molecule has 1 aliphatic heterocycles. The highest BCUT2D eigenvalue weighted by Crippen LogP contribution is 2.62. The first kappa shape index (κ1) is 16.1. The molecule has 0 saturated carbocycles. The fraction of sp³-hybridized carbons (Fsp3) is 0.250. The summed E-state index contributed by atoms with van der Waals surface area (Å²) in [6.07, 6.45) is 0. The molecule has 4 N–H and O–H groups in total. The number of hydrogen-bond acceptors (Lipinski definition) is 5. The van der Waals surface area contributed by atoms with Gasteiger partial charge in [0.05, 0.1) is 5.69 Å². The van der Waals surface area contributed by atoms with E-state index in [1.165, 1.54) is 22.5 Å². The van der Waals surface area contributed by atoms with E-state index in [-0.39, 0.29) is 18.2 Å². The van der Waals surface area contributed by atoms with Gasteiger partial charge in [0.15, 0.2) is 5.75 Å². The fourth-order valence-corrected chi connectivity index (χ4v) is 4.63. The number of anilines is 2. The van der Waals surface area contributed by atoms with Gasteiger partial charge in [-0.3, -0.25) is 9.11 Å². The van der Waals surface area contributed by atoms with Crippen molar-refractivity contribution in [1.29, 1.82) is 0 Å². The van der Waals surface area contributed by atoms with Crippen molar-refractivity contribution in [2.75, 3.05) is 10.8 Å². The van der Waals surface area contributed by atoms with Gasteiger partial charge in [-0.15, -0.1) is 0 Å². The second-order valence-electron chi connectivity index (χ2n) is 5.50. The summed E-state index contributed by atoms with van der Waals surface area (Å²) in [5.41, 5.74) is 5.74. The monoisotopic (exact) mass is 338 g/mol. The van der Waals surface area contributed by atoms with Crippen molar-refractivity contribution in [3.8, 4) is 5.75 Å². The minimum absolute atomic E-state index is 0.216. The summed E-state index contributed by atoms with van der Waals surface area (Å²) in [5, 5.41) is 0. The van der Waals surface area contributed by atoms with Crippen LogP contribution in [0, 0.1) is 11.7 Å². The third kappa shape index (κ3) is 2.76. The van der Waals surface area contributed by atoms with E-state index in [4.69, 9.17) is 10.5 Å². The average molecular weight is 338 g/mol. The molecular formula is C16H19FN2O3S. The van der Waals surface area contributed by atoms with Crippen molar-refractivity contribution >= 4 is 22.2 Å². The minimum atomic E-state index is -3.35. The normalized spacial score (nSPS) is 22.0. The van der Waals surface area contributed by atoms with Crippen LogP contribution in [0.4, 0.5) is 15.8 Å². The summed E-state index contributed by atoms with van der Waals surface area (Å²) in [4.78, 5) is 0. The first-order valence-electron chi connectivity index (χ1n) is 7.24. The molecule has 0 amide bonds. The maximum absolute atomic E-state index is 13.6. The first-order chi connectivity index (χ1) is 10.9. The lowest BCUT2D eigenvalue weighted by Crippen LogP contribution is -2.44. The van der Waals surface area contributed by atoms with Gasteiger partial charge in [0.2, 0.25) is 5.44 Å². The molecule has 1 aliphatic rings. The molecule has 0 fully saturated rings. The molecule has 0 bridgehead atoms. The number of rotatable bonds is 3. The lowest BCUT2D eigenvalue weighted by Gasteiger charge is -2.53. The summed E-state index contributed by atoms with van der Waals surface area (Å²) in [6, 6.07) is 12.9. The maximum atomic E-state index is 13.6. The first-order valence-corrected chi connectivity index (χ1v) is 8.80. The SMILES string of the molecule is CC(CN)C1Oc2cc(F)ccc2N(c2ccccc2)S1(O)O. The lowest BCUT2D eigenvalue weighted by atomic mass is 10.2. The number of ether oxygens (including phenoxy) is 1. The van der Waals surface area contributed by atoms with Crippen LogP contribution in [-0.2, 0) is 0 Å². The molecule has 0 aliphatic carbocycles. The molecule has 2 unspecified atom stereocenters. The van der Waals surface area contributed by atoms with E-state index in [1.54, 1.807) is 31.2 Å². The number of halogens is 1. The average Bonchev–Trinajstić information content (AvgIpc) is 2.54. The summed E-state index contributed by atoms with van der Waals surface area (Å²) >= 11 is 0. The van der Waals surface area contributed by atoms with Crippen molar-refractivity contribution in [1.82, 2.24) is 0 Å². The smallest absolute Gasteiger partial charge is 0.210 e. The number of nitrogens with two attached hydrogens (primary N) is 1. The molecule has 1 heterocycles. The van der Waals surface area contributed by atoms with Gasteiger partial charge in [-0.2, -0.15) is 0 Å². The summed E-state index contributed by atoms with van der Waals surface area (Å²) in [6.45, 7) is 1.99. The number of hydrogen-bond donors (Lipinski definition) is 3. The molecule has 23 heavy (non-hydrogen) atoms. The van der Waals surface area contributed by atoms with Crippen molar-refractivity contribution in [2.24, 2.45) is 11.7 Å². The number of benzene rings is 2. The largest absolute Gasteiger partial charge is 0.466 e. The van der Waals surface area contributed by atoms with Crippen LogP contribution >= 0.6 is 10.8 Å². The predicted molar refractivity (Wildman–Crippen MR) is 90.5 cm³/mol. The lowest BCUT2D eigenvalue weighted by molar-refractivity contribution is 0.196. The van der Waals surface area contributed by atoms with Crippen LogP contribution in [-0.4, -0.2) is 21.1 Å². The van der Waals surface area contributed by atoms with Gasteiger partial charge >= 0.3 is 0 Å². The third-order valence-electron chi connectivity index (χ3n) is 3.79. The van der Waals surface area contributed by atoms with Gasteiger partial charge in [-0.05, 0) is 24.3 Å². The van der Waals surface area contributed by atoms with E-state index < -0.39 is 22.0 Å². The van der Waals surface area contributed by atoms with E-state index in [1.807, 2.05) is 6.07 Å². The minimum Gasteiger partial charge on any atom is -0.466 e. The Morgan fingerprint density at radius 3 is 2.61 bits per heavy atom. The zero-order valence-electron chi connectivity index (χ0n) is 12.6. The predicted octanol–water partition coefficient (Wildman–Crippen LogP) is 3.94. The van der Waals surface area contributed by atoms with Gasteiger partial charge in [-0.25, -0.2) is 8.70 Å². The van der Waals surface area contributed by atoms with E-state index >= 15 is 0 Å². The van der Waals surface area contributed by atoms with E-state index in [0.29, 0.717) is 11.4 Å². The number of nitrogens with zero attached hydrogens (tertiary/aromatic N) is 1. The molecule has 0 spiro atoms. The van der Waals surface area contributed by atoms with Crippen molar-refractivity contribution in [2.45, 2.75) is 12.4 Å². The van der Waals surface area contributed by atoms with Gasteiger partial charge < -0.3 is 10.5 Å². The molecule has 2 aromatic rings. The molecule has 0 radical (unpaired) electrons. The summed E-state index contributed by atoms with van der Waals surface area (Å²) < 4.78 is 42.4. The molecule has 0 saturated heterocycles. The highest BCUT2D eigenvalue weighted by molar-refractivity contribution is 8.26. The van der Waals surface area contributed by atoms with Gasteiger partial charge in [0.25, 0.3) is 0 Å². The van der Waals surface area contributed by atoms with E-state index in [2.05, 4.69) is 0 Å². The Kier molecular flexibility index (Phi) is 4.20. The molecule has 3 rings (SSSR count). The maximum Gasteiger partial charge on any atom is 0.210 e. The van der Waals surface area contributed by atoms with Crippen LogP contribution in [0.15, 0.2) is 48.5 Å². The highest BCUT2D eigenvalue weighted by Gasteiger charge is 2.43. The standard InChI is InChI=1S/C16H19FN2O3S/c1-11(10-18)16-22-15-9-12(17)7-8-14(15)19(23(16,20)21)13-5-3-2-4-6-13/h2-9,11,16,20-21H,10,18H2,1H3. The highest BCUT2D eigenvalue weighted by atomic mass is 32.3. The molecule has 2 aromatic carbocycles. The van der Waals surface area contributed by atoms with E-state index in [9.17, 15) is 13.5 Å². The zero-order chi connectivity index (χ0) is 16.6. The Balaban J connectivity index is 2.18. The van der Waals surface area contributed by atoms with Crippen LogP contribution in [0.5, 0.6) is 5.75 Å². The Morgan fingerprint density at radius 2 is 1.96 bits per heavy atom. The molecule has 5 nitrogen and oxygen atoms in total. The van der Waals surface area contributed by atoms with Crippen LogP contribution < -0.4 is 14.8 Å². The topological polar surface area (TPSA) is 79.0 Å². The van der Waals surface area contributed by atoms with Crippen LogP contribution in [0.1, 0.15) is 6.92 Å². The van der Waals surface area contributed by atoms with Gasteiger partial charge in [0, 0.05) is 18.5 Å². The van der Waals surface area contributed by atoms with Crippen LogP contribution in [0.2, 0.25) is 0 Å². The van der Waals surface area contributed by atoms with Crippen LogP contribution in [0.25, 0.3) is 0 Å². The second kappa shape index (κ2) is 6.01. The zero-order valence-corrected chi connectivity index (χ0v) is 13.4. The van der Waals surface area contributed by atoms with Gasteiger partial charge in [-0.1, -0.05) is 35.9 Å². The summed E-state index contributed by atoms with van der Waals surface area (Å²) in [5.74, 6) is -0.498. The number of para-hydroxylation sites is 1. The van der Waals surface area contributed by atoms with Crippen LogP contribution in [0.3, 0.4) is 0 Å². The fourth-order valence-electron chi connectivity index (χ4n) is 2.59.